The van der Waals surface area contributed by atoms with E-state index in [0.29, 0.717) is 5.56 Å². The topological polar surface area (TPSA) is 52.9 Å². The molecule has 0 saturated heterocycles. The van der Waals surface area contributed by atoms with Gasteiger partial charge in [0.25, 0.3) is 0 Å². The fraction of sp³-hybridized carbons (Fsp3) is 0.385. The summed E-state index contributed by atoms with van der Waals surface area (Å²) in [4.78, 5) is 11.7. The molecule has 0 unspecified atom stereocenters. The second-order valence-electron chi connectivity index (χ2n) is 4.25. The molecule has 1 atom stereocenters. The Hall–Kier alpha value is -1.89. The molecule has 88 valence electrons. The molecule has 1 aliphatic rings. The maximum absolute atomic E-state index is 12.7. The molecule has 0 aromatic heterocycles. The van der Waals surface area contributed by atoms with Gasteiger partial charge in [-0.3, -0.25) is 4.79 Å². The highest BCUT2D eigenvalue weighted by Crippen LogP contribution is 2.27. The van der Waals surface area contributed by atoms with E-state index in [-0.39, 0.29) is 17.6 Å². The van der Waals surface area contributed by atoms with Crippen molar-refractivity contribution >= 4 is 5.91 Å². The molecule has 1 amide bonds. The lowest BCUT2D eigenvalue weighted by Gasteiger charge is -2.25. The summed E-state index contributed by atoms with van der Waals surface area (Å²) in [5, 5.41) is 11.7. The minimum atomic E-state index is -0.691. The number of nitriles is 1. The Bertz CT molecular complexity index is 445. The van der Waals surface area contributed by atoms with E-state index in [1.165, 1.54) is 24.3 Å². The Balaban J connectivity index is 2.03. The number of amides is 1. The molecule has 1 fully saturated rings. The molecule has 0 aliphatic heterocycles. The molecule has 3 nitrogen and oxygen atoms in total. The molecule has 1 aromatic rings. The molecule has 0 heterocycles. The number of carbonyl (C=O) groups is 1. The Morgan fingerprint density at radius 1 is 1.41 bits per heavy atom. The quantitative estimate of drug-likeness (QED) is 0.869. The van der Waals surface area contributed by atoms with E-state index in [1.807, 2.05) is 6.07 Å². The van der Waals surface area contributed by atoms with Crippen LogP contribution >= 0.6 is 0 Å². The van der Waals surface area contributed by atoms with Crippen LogP contribution in [0.1, 0.15) is 30.9 Å². The van der Waals surface area contributed by atoms with E-state index in [2.05, 4.69) is 5.32 Å². The maximum atomic E-state index is 12.7. The van der Waals surface area contributed by atoms with Gasteiger partial charge in [-0.15, -0.1) is 0 Å². The van der Waals surface area contributed by atoms with Crippen LogP contribution in [0, 0.1) is 23.1 Å². The molecular formula is C13H13FN2O. The van der Waals surface area contributed by atoms with Gasteiger partial charge in [0.1, 0.15) is 11.9 Å². The van der Waals surface area contributed by atoms with Crippen LogP contribution in [0.25, 0.3) is 0 Å². The number of rotatable bonds is 3. The first-order chi connectivity index (χ1) is 8.20. The van der Waals surface area contributed by atoms with E-state index in [4.69, 9.17) is 5.26 Å². The van der Waals surface area contributed by atoms with Crippen LogP contribution in [0.2, 0.25) is 0 Å². The Morgan fingerprint density at radius 2 is 2.06 bits per heavy atom. The standard InChI is InChI=1S/C13H13FN2O/c14-11-6-4-9(5-7-11)12(8-15)16-13(17)10-2-1-3-10/h4-7,10,12H,1-3H2,(H,16,17)/t12-/m0/s1. The Kier molecular flexibility index (Phi) is 3.38. The predicted molar refractivity (Wildman–Crippen MR) is 60.2 cm³/mol. The van der Waals surface area contributed by atoms with Gasteiger partial charge in [0.2, 0.25) is 5.91 Å². The van der Waals surface area contributed by atoms with E-state index >= 15 is 0 Å². The lowest BCUT2D eigenvalue weighted by molar-refractivity contribution is -0.127. The average Bonchev–Trinajstić information content (AvgIpc) is 2.25. The van der Waals surface area contributed by atoms with E-state index < -0.39 is 6.04 Å². The Morgan fingerprint density at radius 3 is 2.53 bits per heavy atom. The number of benzene rings is 1. The van der Waals surface area contributed by atoms with Crippen molar-refractivity contribution in [3.63, 3.8) is 0 Å². The third-order valence-electron chi connectivity index (χ3n) is 3.09. The molecule has 4 heteroatoms. The molecule has 0 spiro atoms. The lowest BCUT2D eigenvalue weighted by Crippen LogP contribution is -2.36. The fourth-order valence-corrected chi connectivity index (χ4v) is 1.78. The smallest absolute Gasteiger partial charge is 0.224 e. The summed E-state index contributed by atoms with van der Waals surface area (Å²) < 4.78 is 12.7. The second kappa shape index (κ2) is 4.96. The van der Waals surface area contributed by atoms with Crippen molar-refractivity contribution in [3.8, 4) is 6.07 Å². The summed E-state index contributed by atoms with van der Waals surface area (Å²) >= 11 is 0. The number of nitrogens with one attached hydrogen (secondary N) is 1. The number of nitrogens with zero attached hydrogens (tertiary/aromatic N) is 1. The largest absolute Gasteiger partial charge is 0.336 e. The van der Waals surface area contributed by atoms with Crippen molar-refractivity contribution in [2.24, 2.45) is 5.92 Å². The summed E-state index contributed by atoms with van der Waals surface area (Å²) in [7, 11) is 0. The van der Waals surface area contributed by atoms with Crippen LogP contribution in [0.4, 0.5) is 4.39 Å². The minimum Gasteiger partial charge on any atom is -0.336 e. The van der Waals surface area contributed by atoms with Crippen molar-refractivity contribution in [1.29, 1.82) is 5.26 Å². The second-order valence-corrected chi connectivity index (χ2v) is 4.25. The van der Waals surface area contributed by atoms with Crippen molar-refractivity contribution in [2.75, 3.05) is 0 Å². The summed E-state index contributed by atoms with van der Waals surface area (Å²) in [6.07, 6.45) is 2.87. The molecule has 1 saturated carbocycles. The van der Waals surface area contributed by atoms with Crippen LogP contribution in [0.5, 0.6) is 0 Å². The number of hydrogen-bond acceptors (Lipinski definition) is 2. The minimum absolute atomic E-state index is 0.0475. The summed E-state index contributed by atoms with van der Waals surface area (Å²) in [5.41, 5.74) is 0.613. The van der Waals surface area contributed by atoms with Gasteiger partial charge >= 0.3 is 0 Å². The highest BCUT2D eigenvalue weighted by atomic mass is 19.1. The first kappa shape index (κ1) is 11.6. The molecule has 0 radical (unpaired) electrons. The average molecular weight is 232 g/mol. The van der Waals surface area contributed by atoms with Gasteiger partial charge in [-0.25, -0.2) is 4.39 Å². The van der Waals surface area contributed by atoms with Gasteiger partial charge in [-0.05, 0) is 30.5 Å². The SMILES string of the molecule is N#C[C@H](NC(=O)C1CCC1)c1ccc(F)cc1. The van der Waals surface area contributed by atoms with Crippen LogP contribution in [0.15, 0.2) is 24.3 Å². The predicted octanol–water partition coefficient (Wildman–Crippen LogP) is 2.31. The van der Waals surface area contributed by atoms with Crippen LogP contribution < -0.4 is 5.32 Å². The monoisotopic (exact) mass is 232 g/mol. The number of carbonyl (C=O) groups excluding carboxylic acids is 1. The zero-order valence-electron chi connectivity index (χ0n) is 9.32. The highest BCUT2D eigenvalue weighted by Gasteiger charge is 2.27. The third-order valence-corrected chi connectivity index (χ3v) is 3.09. The van der Waals surface area contributed by atoms with Crippen molar-refractivity contribution < 1.29 is 9.18 Å². The van der Waals surface area contributed by atoms with Crippen LogP contribution in [-0.4, -0.2) is 5.91 Å². The van der Waals surface area contributed by atoms with Crippen LogP contribution in [0.3, 0.4) is 0 Å². The molecule has 1 N–H and O–H groups in total. The molecule has 1 aromatic carbocycles. The highest BCUT2D eigenvalue weighted by molar-refractivity contribution is 5.80. The first-order valence-electron chi connectivity index (χ1n) is 5.66. The summed E-state index contributed by atoms with van der Waals surface area (Å²) in [5.74, 6) is -0.380. The number of hydrogen-bond donors (Lipinski definition) is 1. The van der Waals surface area contributed by atoms with Gasteiger partial charge in [0.15, 0.2) is 0 Å². The van der Waals surface area contributed by atoms with Gasteiger partial charge in [-0.2, -0.15) is 5.26 Å². The van der Waals surface area contributed by atoms with Gasteiger partial charge in [-0.1, -0.05) is 18.6 Å². The van der Waals surface area contributed by atoms with Crippen LogP contribution in [-0.2, 0) is 4.79 Å². The van der Waals surface area contributed by atoms with Gasteiger partial charge in [0, 0.05) is 5.92 Å². The van der Waals surface area contributed by atoms with Gasteiger partial charge < -0.3 is 5.32 Å². The molecule has 2 rings (SSSR count). The van der Waals surface area contributed by atoms with E-state index in [0.717, 1.165) is 19.3 Å². The first-order valence-corrected chi connectivity index (χ1v) is 5.66. The molecule has 0 bridgehead atoms. The molecule has 17 heavy (non-hydrogen) atoms. The number of halogens is 1. The van der Waals surface area contributed by atoms with Crippen molar-refractivity contribution in [1.82, 2.24) is 5.32 Å². The summed E-state index contributed by atoms with van der Waals surface area (Å²) in [6.45, 7) is 0. The van der Waals surface area contributed by atoms with Gasteiger partial charge in [0.05, 0.1) is 6.07 Å². The third kappa shape index (κ3) is 2.62. The zero-order valence-corrected chi connectivity index (χ0v) is 9.32. The van der Waals surface area contributed by atoms with Crippen molar-refractivity contribution in [2.45, 2.75) is 25.3 Å². The summed E-state index contributed by atoms with van der Waals surface area (Å²) in [6, 6.07) is 6.94. The molecule has 1 aliphatic carbocycles. The molecular weight excluding hydrogens is 219 g/mol. The fourth-order valence-electron chi connectivity index (χ4n) is 1.78. The van der Waals surface area contributed by atoms with E-state index in [9.17, 15) is 9.18 Å². The zero-order chi connectivity index (χ0) is 12.3. The maximum Gasteiger partial charge on any atom is 0.224 e. The van der Waals surface area contributed by atoms with Crippen molar-refractivity contribution in [3.05, 3.63) is 35.6 Å². The lowest BCUT2D eigenvalue weighted by atomic mass is 9.84. The van der Waals surface area contributed by atoms with E-state index in [1.54, 1.807) is 0 Å². The normalized spacial score (nSPS) is 16.7. The Labute approximate surface area is 99.2 Å².